The molecule has 0 bridgehead atoms. The molecule has 5 nitrogen and oxygen atoms in total. The summed E-state index contributed by atoms with van der Waals surface area (Å²) in [6, 6.07) is 3.91. The Morgan fingerprint density at radius 2 is 2.35 bits per heavy atom. The van der Waals surface area contributed by atoms with Gasteiger partial charge in [0.15, 0.2) is 0 Å². The number of nitrogens with zero attached hydrogens (tertiary/aromatic N) is 1. The molecule has 0 aliphatic heterocycles. The van der Waals surface area contributed by atoms with E-state index in [0.717, 1.165) is 4.88 Å². The van der Waals surface area contributed by atoms with Crippen LogP contribution in [0.4, 0.5) is 0 Å². The average molecular weight is 305 g/mol. The van der Waals surface area contributed by atoms with E-state index in [1.165, 1.54) is 17.7 Å². The van der Waals surface area contributed by atoms with E-state index in [1.54, 1.807) is 18.3 Å². The van der Waals surface area contributed by atoms with E-state index >= 15 is 0 Å². The first kappa shape index (κ1) is 13.0. The molecule has 0 saturated carbocycles. The van der Waals surface area contributed by atoms with Gasteiger partial charge in [0.1, 0.15) is 4.83 Å². The van der Waals surface area contributed by atoms with Gasteiger partial charge < -0.3 is 10.3 Å². The second-order valence-electron chi connectivity index (χ2n) is 4.23. The number of H-pyrrole nitrogens is 1. The van der Waals surface area contributed by atoms with Crippen LogP contribution in [0.25, 0.3) is 10.2 Å². The van der Waals surface area contributed by atoms with Crippen molar-refractivity contribution in [2.24, 2.45) is 0 Å². The molecule has 3 aromatic rings. The third-order valence-electron chi connectivity index (χ3n) is 2.94. The number of carbonyl (C=O) groups is 1. The summed E-state index contributed by atoms with van der Waals surface area (Å²) in [6.45, 7) is 2.27. The summed E-state index contributed by atoms with van der Waals surface area (Å²) < 4.78 is 0. The molecule has 0 saturated heterocycles. The van der Waals surface area contributed by atoms with Crippen molar-refractivity contribution in [3.05, 3.63) is 49.5 Å². The van der Waals surface area contributed by atoms with E-state index in [0.29, 0.717) is 27.2 Å². The monoisotopic (exact) mass is 305 g/mol. The van der Waals surface area contributed by atoms with Crippen molar-refractivity contribution in [3.63, 3.8) is 0 Å². The molecule has 7 heteroatoms. The normalized spacial score (nSPS) is 10.8. The second-order valence-corrected chi connectivity index (χ2v) is 6.26. The molecule has 3 rings (SSSR count). The van der Waals surface area contributed by atoms with Crippen LogP contribution in [-0.4, -0.2) is 15.9 Å². The lowest BCUT2D eigenvalue weighted by Crippen LogP contribution is -2.22. The van der Waals surface area contributed by atoms with Gasteiger partial charge in [-0.1, -0.05) is 6.07 Å². The summed E-state index contributed by atoms with van der Waals surface area (Å²) in [6.07, 6.45) is 1.36. The van der Waals surface area contributed by atoms with Gasteiger partial charge in [0.05, 0.1) is 23.1 Å². The molecule has 0 fully saturated rings. The first-order valence-corrected chi connectivity index (χ1v) is 7.64. The molecular formula is C13H11N3O2S2. The minimum absolute atomic E-state index is 0.168. The van der Waals surface area contributed by atoms with Gasteiger partial charge in [-0.2, -0.15) is 0 Å². The van der Waals surface area contributed by atoms with E-state index < -0.39 is 0 Å². The summed E-state index contributed by atoms with van der Waals surface area (Å²) in [5.41, 5.74) is 0.476. The summed E-state index contributed by atoms with van der Waals surface area (Å²) in [5, 5.41) is 5.33. The van der Waals surface area contributed by atoms with Crippen LogP contribution in [0.3, 0.4) is 0 Å². The predicted molar refractivity (Wildman–Crippen MR) is 80.5 cm³/mol. The Bertz CT molecular complexity index is 818. The van der Waals surface area contributed by atoms with E-state index in [2.05, 4.69) is 15.3 Å². The van der Waals surface area contributed by atoms with E-state index in [1.807, 2.05) is 17.5 Å². The first-order chi connectivity index (χ1) is 9.66. The van der Waals surface area contributed by atoms with Gasteiger partial charge in [-0.3, -0.25) is 9.59 Å². The standard InChI is InChI=1S/C13H11N3O2S2/c1-7-9-11(17)15-6-16-13(9)20-10(7)12(18)14-5-8-3-2-4-19-8/h2-4,6H,5H2,1H3,(H,14,18)(H,15,16,17). The van der Waals surface area contributed by atoms with Crippen molar-refractivity contribution >= 4 is 38.8 Å². The van der Waals surface area contributed by atoms with Crippen LogP contribution in [0.15, 0.2) is 28.6 Å². The van der Waals surface area contributed by atoms with Crippen molar-refractivity contribution in [1.82, 2.24) is 15.3 Å². The van der Waals surface area contributed by atoms with Crippen molar-refractivity contribution in [3.8, 4) is 0 Å². The van der Waals surface area contributed by atoms with Gasteiger partial charge in [0.2, 0.25) is 0 Å². The fourth-order valence-electron chi connectivity index (χ4n) is 1.96. The Balaban J connectivity index is 1.90. The molecule has 20 heavy (non-hydrogen) atoms. The summed E-state index contributed by atoms with van der Waals surface area (Å²) in [7, 11) is 0. The molecular weight excluding hydrogens is 294 g/mol. The maximum Gasteiger partial charge on any atom is 0.262 e. The Labute approximate surface area is 122 Å². The smallest absolute Gasteiger partial charge is 0.262 e. The highest BCUT2D eigenvalue weighted by Gasteiger charge is 2.17. The van der Waals surface area contributed by atoms with Crippen LogP contribution in [0.2, 0.25) is 0 Å². The van der Waals surface area contributed by atoms with E-state index in [4.69, 9.17) is 0 Å². The quantitative estimate of drug-likeness (QED) is 0.779. The molecule has 102 valence electrons. The highest BCUT2D eigenvalue weighted by molar-refractivity contribution is 7.20. The van der Waals surface area contributed by atoms with Crippen LogP contribution in [-0.2, 0) is 6.54 Å². The Morgan fingerprint density at radius 1 is 1.50 bits per heavy atom. The zero-order valence-electron chi connectivity index (χ0n) is 10.6. The van der Waals surface area contributed by atoms with Gasteiger partial charge in [-0.25, -0.2) is 4.98 Å². The summed E-state index contributed by atoms with van der Waals surface area (Å²) >= 11 is 2.84. The number of rotatable bonds is 3. The molecule has 0 aliphatic carbocycles. The minimum atomic E-state index is -0.207. The van der Waals surface area contributed by atoms with E-state index in [-0.39, 0.29) is 11.5 Å². The molecule has 0 aliphatic rings. The molecule has 2 N–H and O–H groups in total. The third-order valence-corrected chi connectivity index (χ3v) is 5.02. The molecule has 0 spiro atoms. The van der Waals surface area contributed by atoms with Gasteiger partial charge >= 0.3 is 0 Å². The molecule has 0 unspecified atom stereocenters. The highest BCUT2D eigenvalue weighted by Crippen LogP contribution is 2.26. The zero-order valence-corrected chi connectivity index (χ0v) is 12.2. The van der Waals surface area contributed by atoms with Gasteiger partial charge in [0, 0.05) is 4.88 Å². The lowest BCUT2D eigenvalue weighted by atomic mass is 10.2. The largest absolute Gasteiger partial charge is 0.346 e. The maximum atomic E-state index is 12.2. The number of aromatic nitrogens is 2. The number of aromatic amines is 1. The van der Waals surface area contributed by atoms with Gasteiger partial charge in [-0.05, 0) is 23.9 Å². The fraction of sp³-hybridized carbons (Fsp3) is 0.154. The van der Waals surface area contributed by atoms with Crippen molar-refractivity contribution < 1.29 is 4.79 Å². The number of aryl methyl sites for hydroxylation is 1. The van der Waals surface area contributed by atoms with Crippen LogP contribution in [0.1, 0.15) is 20.1 Å². The van der Waals surface area contributed by atoms with Crippen LogP contribution >= 0.6 is 22.7 Å². The highest BCUT2D eigenvalue weighted by atomic mass is 32.1. The second kappa shape index (κ2) is 5.18. The molecule has 0 aromatic carbocycles. The Hall–Kier alpha value is -1.99. The molecule has 3 heterocycles. The van der Waals surface area contributed by atoms with E-state index in [9.17, 15) is 9.59 Å². The third kappa shape index (κ3) is 2.25. The van der Waals surface area contributed by atoms with Crippen molar-refractivity contribution in [2.75, 3.05) is 0 Å². The number of amides is 1. The van der Waals surface area contributed by atoms with Gasteiger partial charge in [0.25, 0.3) is 11.5 Å². The number of thiophene rings is 2. The molecule has 0 radical (unpaired) electrons. The van der Waals surface area contributed by atoms with Crippen LogP contribution in [0, 0.1) is 6.92 Å². The number of carbonyl (C=O) groups excluding carboxylic acids is 1. The Morgan fingerprint density at radius 3 is 3.05 bits per heavy atom. The first-order valence-electron chi connectivity index (χ1n) is 5.94. The number of hydrogen-bond donors (Lipinski definition) is 2. The van der Waals surface area contributed by atoms with Crippen molar-refractivity contribution in [2.45, 2.75) is 13.5 Å². The lowest BCUT2D eigenvalue weighted by Gasteiger charge is -2.02. The number of fused-ring (bicyclic) bond motifs is 1. The molecule has 1 amide bonds. The topological polar surface area (TPSA) is 74.8 Å². The fourth-order valence-corrected chi connectivity index (χ4v) is 3.67. The lowest BCUT2D eigenvalue weighted by molar-refractivity contribution is 0.0955. The SMILES string of the molecule is Cc1c(C(=O)NCc2cccs2)sc2nc[nH]c(=O)c12. The zero-order chi connectivity index (χ0) is 14.1. The maximum absolute atomic E-state index is 12.2. The predicted octanol–water partition coefficient (Wildman–Crippen LogP) is 2.28. The minimum Gasteiger partial charge on any atom is -0.346 e. The van der Waals surface area contributed by atoms with Crippen molar-refractivity contribution in [1.29, 1.82) is 0 Å². The Kier molecular flexibility index (Phi) is 3.37. The van der Waals surface area contributed by atoms with Crippen LogP contribution < -0.4 is 10.9 Å². The summed E-state index contributed by atoms with van der Waals surface area (Å²) in [4.78, 5) is 32.8. The van der Waals surface area contributed by atoms with Gasteiger partial charge in [-0.15, -0.1) is 22.7 Å². The molecule has 0 atom stereocenters. The number of nitrogens with one attached hydrogen (secondary N) is 2. The van der Waals surface area contributed by atoms with Crippen LogP contribution in [0.5, 0.6) is 0 Å². The number of hydrogen-bond acceptors (Lipinski definition) is 5. The summed E-state index contributed by atoms with van der Waals surface area (Å²) in [5.74, 6) is -0.168. The average Bonchev–Trinajstić information content (AvgIpc) is 3.05. The molecule has 3 aromatic heterocycles.